The fraction of sp³-hybridized carbons (Fsp3) is 0.235. The van der Waals surface area contributed by atoms with Gasteiger partial charge in [0.05, 0.1) is 5.56 Å². The van der Waals surface area contributed by atoms with Crippen LogP contribution in [-0.2, 0) is 4.74 Å². The molecule has 0 unspecified atom stereocenters. The molecule has 0 saturated heterocycles. The second-order valence-corrected chi connectivity index (χ2v) is 6.48. The summed E-state index contributed by atoms with van der Waals surface area (Å²) in [4.78, 5) is 13.0. The van der Waals surface area contributed by atoms with Gasteiger partial charge in [-0.05, 0) is 69.1 Å². The minimum Gasteiger partial charge on any atom is -0.456 e. The summed E-state index contributed by atoms with van der Waals surface area (Å²) in [6, 6.07) is 17.3. The highest BCUT2D eigenvalue weighted by Gasteiger charge is 2.17. The molecule has 0 bridgehead atoms. The quantitative estimate of drug-likeness (QED) is 0.652. The summed E-state index contributed by atoms with van der Waals surface area (Å²) in [6.45, 7) is 5.58. The summed E-state index contributed by atoms with van der Waals surface area (Å²) in [5.41, 5.74) is 1.02. The highest BCUT2D eigenvalue weighted by atomic mass is 32.2. The zero-order valence-corrected chi connectivity index (χ0v) is 13.2. The van der Waals surface area contributed by atoms with Gasteiger partial charge in [-0.1, -0.05) is 18.2 Å². The molecule has 0 amide bonds. The highest BCUT2D eigenvalue weighted by molar-refractivity contribution is 8.00. The zero-order valence-electron chi connectivity index (χ0n) is 12.4. The third-order valence-corrected chi connectivity index (χ3v) is 3.40. The van der Waals surface area contributed by atoms with Crippen LogP contribution in [0.2, 0.25) is 0 Å². The highest BCUT2D eigenvalue weighted by Crippen LogP contribution is 2.21. The predicted octanol–water partition coefficient (Wildman–Crippen LogP) is 4.76. The van der Waals surface area contributed by atoms with Gasteiger partial charge in [-0.3, -0.25) is 0 Å². The minimum atomic E-state index is -0.475. The van der Waals surface area contributed by atoms with Crippen molar-refractivity contribution in [3.8, 4) is 0 Å². The van der Waals surface area contributed by atoms with Crippen molar-refractivity contribution < 1.29 is 9.53 Å². The number of anilines is 1. The number of hydrogen-bond acceptors (Lipinski definition) is 4. The van der Waals surface area contributed by atoms with E-state index in [1.165, 1.54) is 11.9 Å². The summed E-state index contributed by atoms with van der Waals surface area (Å²) in [5.74, 6) is -0.301. The van der Waals surface area contributed by atoms with E-state index in [0.717, 1.165) is 10.6 Å². The monoisotopic (exact) mass is 301 g/mol. The third kappa shape index (κ3) is 5.16. The maximum Gasteiger partial charge on any atom is 0.338 e. The van der Waals surface area contributed by atoms with Gasteiger partial charge in [0.15, 0.2) is 0 Å². The van der Waals surface area contributed by atoms with Crippen LogP contribution in [0.3, 0.4) is 0 Å². The van der Waals surface area contributed by atoms with Gasteiger partial charge >= 0.3 is 5.97 Å². The molecule has 0 aromatic heterocycles. The smallest absolute Gasteiger partial charge is 0.338 e. The Morgan fingerprint density at radius 1 is 1.00 bits per heavy atom. The minimum absolute atomic E-state index is 0.301. The van der Waals surface area contributed by atoms with Crippen LogP contribution in [0.1, 0.15) is 31.1 Å². The number of hydrogen-bond donors (Lipinski definition) is 1. The van der Waals surface area contributed by atoms with Gasteiger partial charge in [-0.15, -0.1) is 0 Å². The molecule has 1 N–H and O–H groups in total. The normalized spacial score (nSPS) is 11.0. The van der Waals surface area contributed by atoms with E-state index in [1.54, 1.807) is 12.1 Å². The Kier molecular flexibility index (Phi) is 4.91. The summed E-state index contributed by atoms with van der Waals surface area (Å²) < 4.78 is 8.57. The van der Waals surface area contributed by atoms with Crippen LogP contribution in [0.4, 0.5) is 5.69 Å². The van der Waals surface area contributed by atoms with Gasteiger partial charge in [-0.25, -0.2) is 4.79 Å². The number of ether oxygens (including phenoxy) is 1. The van der Waals surface area contributed by atoms with Gasteiger partial charge in [0.1, 0.15) is 5.60 Å². The Labute approximate surface area is 129 Å². The summed E-state index contributed by atoms with van der Waals surface area (Å²) in [6.07, 6.45) is 0. The lowest BCUT2D eigenvalue weighted by molar-refractivity contribution is 0.00696. The summed E-state index contributed by atoms with van der Waals surface area (Å²) in [7, 11) is 0. The van der Waals surface area contributed by atoms with E-state index in [4.69, 9.17) is 4.74 Å². The predicted molar refractivity (Wildman–Crippen MR) is 87.5 cm³/mol. The van der Waals surface area contributed by atoms with E-state index in [-0.39, 0.29) is 5.97 Å². The van der Waals surface area contributed by atoms with Crippen LogP contribution in [0.5, 0.6) is 0 Å². The standard InChI is InChI=1S/C17H19NO2S/c1-17(2,3)20-16(19)13-9-11-14(12-10-13)18-21-15-7-5-4-6-8-15/h4-12,18H,1-3H3. The molecule has 3 nitrogen and oxygen atoms in total. The topological polar surface area (TPSA) is 38.3 Å². The SMILES string of the molecule is CC(C)(C)OC(=O)c1ccc(NSc2ccccc2)cc1. The molecular formula is C17H19NO2S. The van der Waals surface area contributed by atoms with E-state index in [2.05, 4.69) is 4.72 Å². The third-order valence-electron chi connectivity index (χ3n) is 2.55. The number of carbonyl (C=O) groups is 1. The van der Waals surface area contributed by atoms with E-state index in [9.17, 15) is 4.79 Å². The van der Waals surface area contributed by atoms with E-state index in [1.807, 2.05) is 63.2 Å². The van der Waals surface area contributed by atoms with E-state index >= 15 is 0 Å². The second kappa shape index (κ2) is 6.68. The maximum absolute atomic E-state index is 11.9. The number of nitrogens with one attached hydrogen (secondary N) is 1. The molecule has 0 spiro atoms. The molecule has 0 fully saturated rings. The zero-order chi connectivity index (χ0) is 15.3. The number of benzene rings is 2. The maximum atomic E-state index is 11.9. The molecule has 2 aromatic rings. The fourth-order valence-electron chi connectivity index (χ4n) is 1.62. The van der Waals surface area contributed by atoms with Gasteiger partial charge < -0.3 is 9.46 Å². The van der Waals surface area contributed by atoms with E-state index in [0.29, 0.717) is 5.56 Å². The van der Waals surface area contributed by atoms with Gasteiger partial charge in [0.25, 0.3) is 0 Å². The molecule has 0 radical (unpaired) electrons. The first kappa shape index (κ1) is 15.4. The number of esters is 1. The first-order valence-electron chi connectivity index (χ1n) is 6.75. The Balaban J connectivity index is 1.94. The van der Waals surface area contributed by atoms with Crippen molar-refractivity contribution >= 4 is 23.6 Å². The van der Waals surface area contributed by atoms with Crippen LogP contribution in [-0.4, -0.2) is 11.6 Å². The molecule has 21 heavy (non-hydrogen) atoms. The van der Waals surface area contributed by atoms with Crippen molar-refractivity contribution in [2.45, 2.75) is 31.3 Å². The first-order chi connectivity index (χ1) is 9.94. The molecule has 4 heteroatoms. The number of carbonyl (C=O) groups excluding carboxylic acids is 1. The average Bonchev–Trinajstić information content (AvgIpc) is 2.45. The van der Waals surface area contributed by atoms with Crippen LogP contribution >= 0.6 is 11.9 Å². The van der Waals surface area contributed by atoms with Gasteiger partial charge in [0.2, 0.25) is 0 Å². The van der Waals surface area contributed by atoms with E-state index < -0.39 is 5.60 Å². The number of rotatable bonds is 4. The molecule has 0 aliphatic rings. The van der Waals surface area contributed by atoms with Crippen LogP contribution in [0, 0.1) is 0 Å². The lowest BCUT2D eigenvalue weighted by Crippen LogP contribution is -2.23. The lowest BCUT2D eigenvalue weighted by atomic mass is 10.1. The van der Waals surface area contributed by atoms with Crippen LogP contribution in [0.15, 0.2) is 59.5 Å². The van der Waals surface area contributed by atoms with Crippen molar-refractivity contribution in [1.29, 1.82) is 0 Å². The molecular weight excluding hydrogens is 282 g/mol. The average molecular weight is 301 g/mol. The van der Waals surface area contributed by atoms with Crippen molar-refractivity contribution in [2.75, 3.05) is 4.72 Å². The van der Waals surface area contributed by atoms with Crippen molar-refractivity contribution in [3.63, 3.8) is 0 Å². The summed E-state index contributed by atoms with van der Waals surface area (Å²) >= 11 is 1.53. The Morgan fingerprint density at radius 2 is 1.62 bits per heavy atom. The largest absolute Gasteiger partial charge is 0.456 e. The molecule has 0 aliphatic carbocycles. The molecule has 0 saturated carbocycles. The molecule has 0 atom stereocenters. The lowest BCUT2D eigenvalue weighted by Gasteiger charge is -2.19. The van der Waals surface area contributed by atoms with Crippen LogP contribution < -0.4 is 4.72 Å². The molecule has 0 heterocycles. The van der Waals surface area contributed by atoms with Gasteiger partial charge in [0, 0.05) is 10.6 Å². The first-order valence-corrected chi connectivity index (χ1v) is 7.57. The Bertz CT molecular complexity index is 588. The summed E-state index contributed by atoms with van der Waals surface area (Å²) in [5, 5.41) is 0. The van der Waals surface area contributed by atoms with Crippen LogP contribution in [0.25, 0.3) is 0 Å². The van der Waals surface area contributed by atoms with Crippen molar-refractivity contribution in [3.05, 3.63) is 60.2 Å². The Hall–Kier alpha value is -1.94. The van der Waals surface area contributed by atoms with Crippen molar-refractivity contribution in [2.24, 2.45) is 0 Å². The van der Waals surface area contributed by atoms with Gasteiger partial charge in [-0.2, -0.15) is 0 Å². The molecule has 2 rings (SSSR count). The molecule has 110 valence electrons. The molecule has 0 aliphatic heterocycles. The van der Waals surface area contributed by atoms with Crippen molar-refractivity contribution in [1.82, 2.24) is 0 Å². The fourth-order valence-corrected chi connectivity index (χ4v) is 2.28. The Morgan fingerprint density at radius 3 is 2.19 bits per heavy atom. The molecule has 2 aromatic carbocycles. The second-order valence-electron chi connectivity index (χ2n) is 5.60.